The number of halogens is 3. The molecule has 0 aliphatic rings. The van der Waals surface area contributed by atoms with Crippen LogP contribution in [0, 0.1) is 5.82 Å². The van der Waals surface area contributed by atoms with E-state index in [1.54, 1.807) is 43.3 Å². The van der Waals surface area contributed by atoms with Gasteiger partial charge in [-0.05, 0) is 78.7 Å². The van der Waals surface area contributed by atoms with Crippen LogP contribution in [0.1, 0.15) is 36.5 Å². The second kappa shape index (κ2) is 18.2. The number of benzene rings is 4. The molecule has 52 heavy (non-hydrogen) atoms. The Hall–Kier alpha value is -5.39. The van der Waals surface area contributed by atoms with Crippen LogP contribution in [0.2, 0.25) is 10.0 Å². The van der Waals surface area contributed by atoms with E-state index in [9.17, 15) is 18.8 Å². The summed E-state index contributed by atoms with van der Waals surface area (Å²) in [5.41, 5.74) is 9.27. The number of aliphatic imine (C=N–C) groups is 1. The van der Waals surface area contributed by atoms with Gasteiger partial charge >= 0.3 is 6.03 Å². The van der Waals surface area contributed by atoms with Crippen LogP contribution in [0.15, 0.2) is 108 Å². The average Bonchev–Trinajstić information content (AvgIpc) is 3.52. The molecule has 0 saturated heterocycles. The Morgan fingerprint density at radius 3 is 2.37 bits per heavy atom. The fourth-order valence-corrected chi connectivity index (χ4v) is 6.12. The van der Waals surface area contributed by atoms with Crippen molar-refractivity contribution in [2.45, 2.75) is 45.4 Å². The lowest BCUT2D eigenvalue weighted by atomic mass is 10.1. The molecule has 13 heteroatoms. The number of fused-ring (bicyclic) bond motifs is 1. The van der Waals surface area contributed by atoms with E-state index in [0.717, 1.165) is 22.0 Å². The summed E-state index contributed by atoms with van der Waals surface area (Å²) in [4.78, 5) is 46.2. The SMILES string of the molecule is CC(N)=NCCC[C@H](NC(=O)CN(Cc1ccc(F)cc1)C(=O)Nc1ccc2ccn(Cc3c(Cl)cccc3Cl)c2c1)C(=O)NCc1ccccc1. The van der Waals surface area contributed by atoms with Crippen molar-refractivity contribution < 1.29 is 18.8 Å². The third kappa shape index (κ3) is 10.8. The molecule has 5 N–H and O–H groups in total. The van der Waals surface area contributed by atoms with Gasteiger partial charge in [-0.25, -0.2) is 9.18 Å². The normalized spacial score (nSPS) is 12.0. The summed E-state index contributed by atoms with van der Waals surface area (Å²) >= 11 is 12.9. The Morgan fingerprint density at radius 2 is 1.65 bits per heavy atom. The summed E-state index contributed by atoms with van der Waals surface area (Å²) in [5.74, 6) is -0.912. The molecule has 0 aliphatic carbocycles. The van der Waals surface area contributed by atoms with Crippen LogP contribution >= 0.6 is 23.2 Å². The minimum absolute atomic E-state index is 0.00147. The average molecular weight is 745 g/mol. The Bertz CT molecular complexity index is 2010. The molecule has 1 atom stereocenters. The van der Waals surface area contributed by atoms with Crippen molar-refractivity contribution >= 4 is 63.5 Å². The maximum atomic E-state index is 13.8. The number of amides is 4. The number of aromatic nitrogens is 1. The smallest absolute Gasteiger partial charge is 0.322 e. The number of nitrogens with two attached hydrogens (primary N) is 1. The summed E-state index contributed by atoms with van der Waals surface area (Å²) in [6.45, 7) is 2.38. The molecule has 5 aromatic rings. The first kappa shape index (κ1) is 37.9. The van der Waals surface area contributed by atoms with Crippen LogP contribution in [-0.4, -0.2) is 52.3 Å². The predicted molar refractivity (Wildman–Crippen MR) is 205 cm³/mol. The lowest BCUT2D eigenvalue weighted by molar-refractivity contribution is -0.129. The first-order valence-electron chi connectivity index (χ1n) is 16.8. The summed E-state index contributed by atoms with van der Waals surface area (Å²) in [6.07, 6.45) is 2.70. The molecule has 0 spiro atoms. The van der Waals surface area contributed by atoms with E-state index in [1.807, 2.05) is 59.3 Å². The standard InChI is InChI=1S/C39H40Cl2FN7O3/c1-26(43)44-19-6-11-35(38(51)45-22-27-7-3-2-4-8-27)47-37(50)25-49(23-28-12-15-30(42)16-13-28)39(52)46-31-17-14-29-18-20-48(36(29)21-31)24-32-33(40)9-5-10-34(32)41/h2-5,7-10,12-18,20-21,35H,6,11,19,22-25H2,1H3,(H2,43,44)(H,45,51)(H,46,52)(H,47,50)/t35-/m0/s1. The number of hydrogen-bond donors (Lipinski definition) is 4. The zero-order valence-electron chi connectivity index (χ0n) is 28.6. The molecule has 0 saturated carbocycles. The van der Waals surface area contributed by atoms with Gasteiger partial charge in [-0.1, -0.05) is 77.8 Å². The van der Waals surface area contributed by atoms with Crippen LogP contribution in [0.3, 0.4) is 0 Å². The van der Waals surface area contributed by atoms with Gasteiger partial charge in [0.15, 0.2) is 0 Å². The van der Waals surface area contributed by atoms with Gasteiger partial charge in [-0.3, -0.25) is 14.6 Å². The minimum atomic E-state index is -0.887. The van der Waals surface area contributed by atoms with Crippen LogP contribution in [0.25, 0.3) is 10.9 Å². The Morgan fingerprint density at radius 1 is 0.923 bits per heavy atom. The van der Waals surface area contributed by atoms with E-state index < -0.39 is 23.8 Å². The van der Waals surface area contributed by atoms with Crippen molar-refractivity contribution in [2.75, 3.05) is 18.4 Å². The summed E-state index contributed by atoms with van der Waals surface area (Å²) in [7, 11) is 0. The van der Waals surface area contributed by atoms with Gasteiger partial charge in [-0.2, -0.15) is 0 Å². The Labute approximate surface area is 311 Å². The summed E-state index contributed by atoms with van der Waals surface area (Å²) < 4.78 is 15.7. The molecule has 0 radical (unpaired) electrons. The van der Waals surface area contributed by atoms with Crippen LogP contribution in [-0.2, 0) is 29.2 Å². The second-order valence-electron chi connectivity index (χ2n) is 12.3. The maximum absolute atomic E-state index is 13.8. The van der Waals surface area contributed by atoms with Gasteiger partial charge in [0.05, 0.1) is 17.9 Å². The number of carbonyl (C=O) groups is 3. The molecule has 270 valence electrons. The molecular formula is C39H40Cl2FN7O3. The number of amidine groups is 1. The largest absolute Gasteiger partial charge is 0.388 e. The van der Waals surface area contributed by atoms with Crippen molar-refractivity contribution in [1.29, 1.82) is 0 Å². The minimum Gasteiger partial charge on any atom is -0.388 e. The second-order valence-corrected chi connectivity index (χ2v) is 13.1. The third-order valence-corrected chi connectivity index (χ3v) is 9.01. The monoisotopic (exact) mass is 743 g/mol. The van der Waals surface area contributed by atoms with Gasteiger partial charge in [0.25, 0.3) is 0 Å². The molecule has 0 fully saturated rings. The number of anilines is 1. The van der Waals surface area contributed by atoms with Crippen molar-refractivity contribution in [3.8, 4) is 0 Å². The first-order chi connectivity index (χ1) is 25.0. The molecule has 0 aliphatic heterocycles. The number of urea groups is 1. The third-order valence-electron chi connectivity index (χ3n) is 8.30. The van der Waals surface area contributed by atoms with Gasteiger partial charge in [-0.15, -0.1) is 0 Å². The van der Waals surface area contributed by atoms with E-state index in [4.69, 9.17) is 28.9 Å². The molecule has 4 amide bonds. The number of rotatable bonds is 15. The van der Waals surface area contributed by atoms with E-state index in [2.05, 4.69) is 20.9 Å². The van der Waals surface area contributed by atoms with Crippen molar-refractivity contribution in [3.63, 3.8) is 0 Å². The van der Waals surface area contributed by atoms with Crippen LogP contribution in [0.4, 0.5) is 14.9 Å². The Balaban J connectivity index is 1.32. The molecule has 1 heterocycles. The van der Waals surface area contributed by atoms with Gasteiger partial charge in [0, 0.05) is 47.1 Å². The predicted octanol–water partition coefficient (Wildman–Crippen LogP) is 7.13. The fraction of sp³-hybridized carbons (Fsp3) is 0.231. The molecule has 5 rings (SSSR count). The number of nitrogens with zero attached hydrogens (tertiary/aromatic N) is 3. The van der Waals surface area contributed by atoms with Crippen LogP contribution in [0.5, 0.6) is 0 Å². The van der Waals surface area contributed by atoms with E-state index in [1.165, 1.54) is 17.0 Å². The van der Waals surface area contributed by atoms with Gasteiger partial charge < -0.3 is 31.2 Å². The zero-order valence-corrected chi connectivity index (χ0v) is 30.1. The van der Waals surface area contributed by atoms with Gasteiger partial charge in [0.1, 0.15) is 18.4 Å². The molecule has 10 nitrogen and oxygen atoms in total. The van der Waals surface area contributed by atoms with E-state index >= 15 is 0 Å². The van der Waals surface area contributed by atoms with E-state index in [-0.39, 0.29) is 25.5 Å². The summed E-state index contributed by atoms with van der Waals surface area (Å²) in [6, 6.07) is 26.4. The number of hydrogen-bond acceptors (Lipinski definition) is 4. The highest BCUT2D eigenvalue weighted by molar-refractivity contribution is 6.36. The summed E-state index contributed by atoms with van der Waals surface area (Å²) in [5, 5.41) is 10.6. The molecule has 1 aromatic heterocycles. The van der Waals surface area contributed by atoms with E-state index in [0.29, 0.717) is 53.1 Å². The lowest BCUT2D eigenvalue weighted by Crippen LogP contribution is -2.50. The molecule has 0 bridgehead atoms. The van der Waals surface area contributed by atoms with Crippen molar-refractivity contribution in [3.05, 3.63) is 136 Å². The van der Waals surface area contributed by atoms with Crippen LogP contribution < -0.4 is 21.7 Å². The van der Waals surface area contributed by atoms with Crippen molar-refractivity contribution in [1.82, 2.24) is 20.1 Å². The fourth-order valence-electron chi connectivity index (χ4n) is 5.61. The maximum Gasteiger partial charge on any atom is 0.322 e. The zero-order chi connectivity index (χ0) is 37.0. The molecule has 0 unspecified atom stereocenters. The molecule has 4 aromatic carbocycles. The Kier molecular flexibility index (Phi) is 13.3. The van der Waals surface area contributed by atoms with Gasteiger partial charge in [0.2, 0.25) is 11.8 Å². The first-order valence-corrected chi connectivity index (χ1v) is 17.5. The number of nitrogens with one attached hydrogen (secondary N) is 3. The molecular weight excluding hydrogens is 704 g/mol. The topological polar surface area (TPSA) is 134 Å². The highest BCUT2D eigenvalue weighted by atomic mass is 35.5. The highest BCUT2D eigenvalue weighted by Gasteiger charge is 2.24. The van der Waals surface area contributed by atoms with Crippen molar-refractivity contribution in [2.24, 2.45) is 10.7 Å². The lowest BCUT2D eigenvalue weighted by Gasteiger charge is -2.25. The highest BCUT2D eigenvalue weighted by Crippen LogP contribution is 2.28. The quantitative estimate of drug-likeness (QED) is 0.0516. The number of carbonyl (C=O) groups excluding carboxylic acids is 3.